The van der Waals surface area contributed by atoms with Gasteiger partial charge in [0.25, 0.3) is 5.91 Å². The Morgan fingerprint density at radius 2 is 1.36 bits per heavy atom. The molecule has 5 rings (SSSR count). The van der Waals surface area contributed by atoms with E-state index in [4.69, 9.17) is 14.2 Å². The minimum absolute atomic E-state index is 0.185. The summed E-state index contributed by atoms with van der Waals surface area (Å²) in [7, 11) is 7.79. The molecule has 0 atom stereocenters. The quantitative estimate of drug-likeness (QED) is 0.325. The number of carbonyl (C=O) groups excluding carboxylic acids is 3. The molecule has 0 aromatic heterocycles. The van der Waals surface area contributed by atoms with E-state index < -0.39 is 23.3 Å². The largest absolute Gasteiger partial charge is 0.456 e. The van der Waals surface area contributed by atoms with Crippen molar-refractivity contribution in [2.45, 2.75) is 32.0 Å². The Labute approximate surface area is 245 Å². The lowest BCUT2D eigenvalue weighted by Crippen LogP contribution is -2.37. The second-order valence-corrected chi connectivity index (χ2v) is 11.8. The van der Waals surface area contributed by atoms with Crippen molar-refractivity contribution in [3.05, 3.63) is 82.4 Å². The number of nitrogens with zero attached hydrogens (tertiary/aromatic N) is 2. The summed E-state index contributed by atoms with van der Waals surface area (Å²) in [5, 5.41) is 5.37. The molecule has 42 heavy (non-hydrogen) atoms. The van der Waals surface area contributed by atoms with Crippen molar-refractivity contribution in [1.82, 2.24) is 10.6 Å². The van der Waals surface area contributed by atoms with E-state index >= 15 is 0 Å². The molecule has 0 saturated carbocycles. The van der Waals surface area contributed by atoms with E-state index in [0.29, 0.717) is 39.3 Å². The SMILES string of the molecule is CN(C)c1ccc2c(c1)Oc1cc(N(C)C)ccc1C21OC(=O)c2cc(C(=O)NCCNC(=O)OC(C)(C)C)ccc21. The minimum atomic E-state index is -1.24. The van der Waals surface area contributed by atoms with Crippen molar-refractivity contribution in [2.24, 2.45) is 0 Å². The average molecular weight is 573 g/mol. The summed E-state index contributed by atoms with van der Waals surface area (Å²) in [4.78, 5) is 42.2. The number of rotatable bonds is 6. The van der Waals surface area contributed by atoms with Crippen LogP contribution in [0.3, 0.4) is 0 Å². The van der Waals surface area contributed by atoms with Gasteiger partial charge in [0, 0.05) is 87.0 Å². The lowest BCUT2D eigenvalue weighted by Gasteiger charge is -2.37. The first-order valence-electron chi connectivity index (χ1n) is 13.7. The van der Waals surface area contributed by atoms with Gasteiger partial charge < -0.3 is 34.6 Å². The number of nitrogens with one attached hydrogen (secondary N) is 2. The molecule has 0 radical (unpaired) electrons. The summed E-state index contributed by atoms with van der Waals surface area (Å²) in [5.74, 6) is 0.268. The summed E-state index contributed by atoms with van der Waals surface area (Å²) in [6.45, 7) is 5.70. The molecule has 0 aliphatic carbocycles. The predicted octanol–water partition coefficient (Wildman–Crippen LogP) is 4.64. The molecule has 3 aromatic rings. The molecule has 2 amide bonds. The van der Waals surface area contributed by atoms with E-state index in [9.17, 15) is 14.4 Å². The van der Waals surface area contributed by atoms with Crippen LogP contribution in [0.25, 0.3) is 0 Å². The number of fused-ring (bicyclic) bond motifs is 6. The zero-order chi connectivity index (χ0) is 30.4. The van der Waals surface area contributed by atoms with Crippen LogP contribution in [0.1, 0.15) is 58.2 Å². The van der Waals surface area contributed by atoms with Gasteiger partial charge in [-0.3, -0.25) is 4.79 Å². The fourth-order valence-electron chi connectivity index (χ4n) is 5.16. The van der Waals surface area contributed by atoms with Gasteiger partial charge in [-0.15, -0.1) is 0 Å². The number of hydrogen-bond donors (Lipinski definition) is 2. The van der Waals surface area contributed by atoms with Crippen LogP contribution in [-0.2, 0) is 15.1 Å². The van der Waals surface area contributed by atoms with Crippen LogP contribution in [0.2, 0.25) is 0 Å². The molecule has 10 heteroatoms. The highest BCUT2D eigenvalue weighted by atomic mass is 16.6. The molecule has 2 aliphatic heterocycles. The summed E-state index contributed by atoms with van der Waals surface area (Å²) in [5.41, 5.74) is 2.68. The maximum Gasteiger partial charge on any atom is 0.407 e. The fourth-order valence-corrected chi connectivity index (χ4v) is 5.16. The molecule has 0 fully saturated rings. The average Bonchev–Trinajstić information content (AvgIpc) is 3.21. The van der Waals surface area contributed by atoms with E-state index in [1.165, 1.54) is 0 Å². The molecule has 2 aliphatic rings. The van der Waals surface area contributed by atoms with Crippen LogP contribution in [0.5, 0.6) is 11.5 Å². The molecule has 10 nitrogen and oxygen atoms in total. The molecule has 0 unspecified atom stereocenters. The lowest BCUT2D eigenvalue weighted by molar-refractivity contribution is 0.0224. The molecule has 3 aromatic carbocycles. The van der Waals surface area contributed by atoms with Gasteiger partial charge in [0.1, 0.15) is 17.1 Å². The van der Waals surface area contributed by atoms with Gasteiger partial charge in [0.15, 0.2) is 5.60 Å². The first kappa shape index (κ1) is 28.8. The van der Waals surface area contributed by atoms with Gasteiger partial charge in [-0.1, -0.05) is 6.07 Å². The molecule has 1 spiro atoms. The van der Waals surface area contributed by atoms with Crippen molar-refractivity contribution in [1.29, 1.82) is 0 Å². The summed E-state index contributed by atoms with van der Waals surface area (Å²) >= 11 is 0. The Morgan fingerprint density at radius 3 is 1.90 bits per heavy atom. The highest BCUT2D eigenvalue weighted by Gasteiger charge is 2.53. The predicted molar refractivity (Wildman–Crippen MR) is 160 cm³/mol. The molecule has 0 saturated heterocycles. The highest BCUT2D eigenvalue weighted by Crippen LogP contribution is 2.57. The Bertz CT molecular complexity index is 1520. The fraction of sp³-hybridized carbons (Fsp3) is 0.344. The van der Waals surface area contributed by atoms with Gasteiger partial charge in [-0.2, -0.15) is 0 Å². The van der Waals surface area contributed by atoms with E-state index in [0.717, 1.165) is 11.4 Å². The molecule has 220 valence electrons. The molecular weight excluding hydrogens is 536 g/mol. The van der Waals surface area contributed by atoms with Crippen LogP contribution < -0.4 is 25.2 Å². The number of benzene rings is 3. The first-order chi connectivity index (χ1) is 19.8. The number of esters is 1. The number of amides is 2. The van der Waals surface area contributed by atoms with Crippen LogP contribution in [0.15, 0.2) is 54.6 Å². The Hall–Kier alpha value is -4.73. The third kappa shape index (κ3) is 5.20. The first-order valence-corrected chi connectivity index (χ1v) is 13.7. The van der Waals surface area contributed by atoms with Crippen molar-refractivity contribution in [3.63, 3.8) is 0 Å². The van der Waals surface area contributed by atoms with Crippen molar-refractivity contribution < 1.29 is 28.6 Å². The summed E-state index contributed by atoms with van der Waals surface area (Å²) in [6, 6.07) is 16.6. The van der Waals surface area contributed by atoms with E-state index in [-0.39, 0.29) is 19.0 Å². The molecule has 0 bridgehead atoms. The maximum atomic E-state index is 13.5. The molecular formula is C32H36N4O6. The standard InChI is InChI=1S/C32H36N4O6/c1-31(2,3)42-30(39)34-15-14-33-28(37)19-8-11-23-22(16-19)29(38)41-32(23)24-12-9-20(35(4)5)17-26(24)40-27-18-21(36(6)7)10-13-25(27)32/h8-13,16-18H,14-15H2,1-7H3,(H,33,37)(H,34,39). The van der Waals surface area contributed by atoms with Crippen molar-refractivity contribution in [2.75, 3.05) is 51.1 Å². The number of ether oxygens (including phenoxy) is 3. The topological polar surface area (TPSA) is 109 Å². The van der Waals surface area contributed by atoms with E-state index in [1.807, 2.05) is 74.4 Å². The minimum Gasteiger partial charge on any atom is -0.456 e. The number of hydrogen-bond acceptors (Lipinski definition) is 8. The van der Waals surface area contributed by atoms with Crippen LogP contribution >= 0.6 is 0 Å². The molecule has 2 heterocycles. The van der Waals surface area contributed by atoms with Crippen LogP contribution in [0, 0.1) is 0 Å². The summed E-state index contributed by atoms with van der Waals surface area (Å²) in [6.07, 6.45) is -0.560. The van der Waals surface area contributed by atoms with E-state index in [2.05, 4.69) is 10.6 Å². The maximum absolute atomic E-state index is 13.5. The molecule has 2 N–H and O–H groups in total. The van der Waals surface area contributed by atoms with Crippen LogP contribution in [-0.4, -0.2) is 64.9 Å². The number of alkyl carbamates (subject to hydrolysis) is 1. The van der Waals surface area contributed by atoms with Crippen LogP contribution in [0.4, 0.5) is 16.2 Å². The lowest BCUT2D eigenvalue weighted by atomic mass is 9.77. The smallest absolute Gasteiger partial charge is 0.407 e. The second-order valence-electron chi connectivity index (χ2n) is 11.8. The van der Waals surface area contributed by atoms with Gasteiger partial charge in [0.05, 0.1) is 5.56 Å². The highest BCUT2D eigenvalue weighted by molar-refractivity contribution is 6.01. The van der Waals surface area contributed by atoms with E-state index in [1.54, 1.807) is 39.0 Å². The van der Waals surface area contributed by atoms with Crippen molar-refractivity contribution in [3.8, 4) is 11.5 Å². The zero-order valence-corrected chi connectivity index (χ0v) is 25.0. The van der Waals surface area contributed by atoms with Gasteiger partial charge in [-0.05, 0) is 57.2 Å². The van der Waals surface area contributed by atoms with Gasteiger partial charge in [-0.25, -0.2) is 9.59 Å². The Balaban J connectivity index is 1.47. The third-order valence-electron chi connectivity index (χ3n) is 7.15. The summed E-state index contributed by atoms with van der Waals surface area (Å²) < 4.78 is 17.9. The third-order valence-corrected chi connectivity index (χ3v) is 7.15. The normalized spacial score (nSPS) is 14.1. The Kier molecular flexibility index (Phi) is 7.26. The van der Waals surface area contributed by atoms with Crippen molar-refractivity contribution >= 4 is 29.3 Å². The van der Waals surface area contributed by atoms with Gasteiger partial charge in [0.2, 0.25) is 0 Å². The monoisotopic (exact) mass is 572 g/mol. The zero-order valence-electron chi connectivity index (χ0n) is 25.0. The van der Waals surface area contributed by atoms with Gasteiger partial charge >= 0.3 is 12.1 Å². The second kappa shape index (κ2) is 10.6. The number of anilines is 2. The Morgan fingerprint density at radius 1 is 0.810 bits per heavy atom. The number of carbonyl (C=O) groups is 3.